The van der Waals surface area contributed by atoms with Crippen LogP contribution in [0.5, 0.6) is 0 Å². The first-order valence-corrected chi connectivity index (χ1v) is 14.0. The van der Waals surface area contributed by atoms with Crippen molar-refractivity contribution in [3.63, 3.8) is 0 Å². The lowest BCUT2D eigenvalue weighted by Crippen LogP contribution is -2.44. The molecule has 4 nitrogen and oxygen atoms in total. The molecule has 4 heteroatoms. The molecule has 0 spiro atoms. The highest BCUT2D eigenvalue weighted by molar-refractivity contribution is 5.95. The van der Waals surface area contributed by atoms with Gasteiger partial charge >= 0.3 is 0 Å². The molecule has 1 aliphatic rings. The van der Waals surface area contributed by atoms with E-state index in [0.717, 1.165) is 30.5 Å². The van der Waals surface area contributed by atoms with Gasteiger partial charge in [-0.3, -0.25) is 4.79 Å². The molecule has 1 aliphatic heterocycles. The van der Waals surface area contributed by atoms with E-state index in [1.807, 2.05) is 24.3 Å². The van der Waals surface area contributed by atoms with Gasteiger partial charge in [0, 0.05) is 38.3 Å². The van der Waals surface area contributed by atoms with Crippen LogP contribution in [0.3, 0.4) is 0 Å². The number of hydrogen-bond acceptors (Lipinski definition) is 3. The maximum absolute atomic E-state index is 12.7. The van der Waals surface area contributed by atoms with Crippen LogP contribution in [0.25, 0.3) is 0 Å². The first kappa shape index (κ1) is 27.4. The first-order valence-electron chi connectivity index (χ1n) is 14.0. The highest BCUT2D eigenvalue weighted by atomic mass is 16.1. The van der Waals surface area contributed by atoms with E-state index >= 15 is 0 Å². The summed E-state index contributed by atoms with van der Waals surface area (Å²) in [7, 11) is 2.23. The third-order valence-electron chi connectivity index (χ3n) is 7.28. The first-order chi connectivity index (χ1) is 17.2. The molecule has 1 fully saturated rings. The number of carbonyl (C=O) groups is 1. The normalized spacial score (nSPS) is 14.8. The fourth-order valence-electron chi connectivity index (χ4n) is 4.95. The smallest absolute Gasteiger partial charge is 0.251 e. The molecule has 0 saturated carbocycles. The summed E-state index contributed by atoms with van der Waals surface area (Å²) in [6.07, 6.45) is 14.0. The molecular weight excluding hydrogens is 430 g/mol. The Bertz CT molecular complexity index is 830. The summed E-state index contributed by atoms with van der Waals surface area (Å²) in [5.74, 6) is 0.0594. The molecule has 0 radical (unpaired) electrons. The predicted octanol–water partition coefficient (Wildman–Crippen LogP) is 6.16. The quantitative estimate of drug-likeness (QED) is 0.294. The number of benzene rings is 2. The number of rotatable bonds is 16. The van der Waals surface area contributed by atoms with Crippen LogP contribution in [0, 0.1) is 0 Å². The van der Waals surface area contributed by atoms with E-state index < -0.39 is 0 Å². The van der Waals surface area contributed by atoms with Crippen LogP contribution in [0.1, 0.15) is 85.7 Å². The molecule has 1 saturated heterocycles. The van der Waals surface area contributed by atoms with Gasteiger partial charge in [-0.1, -0.05) is 99.9 Å². The van der Waals surface area contributed by atoms with Crippen LogP contribution >= 0.6 is 0 Å². The fourth-order valence-corrected chi connectivity index (χ4v) is 4.95. The molecule has 0 atom stereocenters. The van der Waals surface area contributed by atoms with Crippen molar-refractivity contribution in [1.82, 2.24) is 15.1 Å². The summed E-state index contributed by atoms with van der Waals surface area (Å²) in [5, 5.41) is 3.14. The summed E-state index contributed by atoms with van der Waals surface area (Å²) in [6, 6.07) is 18.3. The Morgan fingerprint density at radius 1 is 0.714 bits per heavy atom. The summed E-state index contributed by atoms with van der Waals surface area (Å²) in [5.41, 5.74) is 3.13. The number of carbonyl (C=O) groups excluding carboxylic acids is 1. The lowest BCUT2D eigenvalue weighted by Gasteiger charge is -2.32. The Hall–Kier alpha value is -2.17. The summed E-state index contributed by atoms with van der Waals surface area (Å²) in [6.45, 7) is 7.03. The molecule has 35 heavy (non-hydrogen) atoms. The van der Waals surface area contributed by atoms with Crippen molar-refractivity contribution in [3.05, 3.63) is 71.3 Å². The zero-order valence-electron chi connectivity index (χ0n) is 22.0. The lowest BCUT2D eigenvalue weighted by atomic mass is 9.99. The average molecular weight is 478 g/mol. The number of amides is 1. The van der Waals surface area contributed by atoms with E-state index in [0.29, 0.717) is 0 Å². The van der Waals surface area contributed by atoms with Crippen LogP contribution in [-0.2, 0) is 6.42 Å². The van der Waals surface area contributed by atoms with E-state index in [4.69, 9.17) is 0 Å². The van der Waals surface area contributed by atoms with E-state index in [-0.39, 0.29) is 5.91 Å². The Morgan fingerprint density at radius 2 is 1.29 bits per heavy atom. The molecule has 192 valence electrons. The van der Waals surface area contributed by atoms with Crippen molar-refractivity contribution in [1.29, 1.82) is 0 Å². The number of nitrogens with zero attached hydrogens (tertiary/aromatic N) is 2. The van der Waals surface area contributed by atoms with Crippen molar-refractivity contribution in [2.24, 2.45) is 0 Å². The maximum Gasteiger partial charge on any atom is 0.251 e. The molecule has 2 aromatic carbocycles. The minimum Gasteiger partial charge on any atom is -0.352 e. The minimum atomic E-state index is 0.0594. The van der Waals surface area contributed by atoms with Gasteiger partial charge in [-0.05, 0) is 50.0 Å². The third-order valence-corrected chi connectivity index (χ3v) is 7.28. The maximum atomic E-state index is 12.7. The second kappa shape index (κ2) is 16.5. The van der Waals surface area contributed by atoms with E-state index in [1.165, 1.54) is 96.1 Å². The predicted molar refractivity (Wildman–Crippen MR) is 148 cm³/mol. The SMILES string of the molecule is CN1CCN(CCCCCCCCCCCCNC(=O)c2ccccc2Cc2ccccc2)CC1. The Kier molecular flexibility index (Phi) is 12.9. The number of likely N-dealkylation sites (N-methyl/N-ethyl adjacent to an activating group) is 1. The molecule has 1 heterocycles. The van der Waals surface area contributed by atoms with Crippen LogP contribution in [0.4, 0.5) is 0 Å². The Balaban J connectivity index is 1.15. The summed E-state index contributed by atoms with van der Waals surface area (Å²) < 4.78 is 0. The van der Waals surface area contributed by atoms with Gasteiger partial charge in [0.15, 0.2) is 0 Å². The zero-order valence-corrected chi connectivity index (χ0v) is 22.0. The molecular formula is C31H47N3O. The topological polar surface area (TPSA) is 35.6 Å². The number of unbranched alkanes of at least 4 members (excludes halogenated alkanes) is 9. The van der Waals surface area contributed by atoms with Gasteiger partial charge in [0.2, 0.25) is 0 Å². The molecule has 1 amide bonds. The van der Waals surface area contributed by atoms with Crippen LogP contribution in [0.15, 0.2) is 54.6 Å². The van der Waals surface area contributed by atoms with Gasteiger partial charge in [0.1, 0.15) is 0 Å². The van der Waals surface area contributed by atoms with Crippen LogP contribution in [0.2, 0.25) is 0 Å². The van der Waals surface area contributed by atoms with Crippen LogP contribution in [-0.4, -0.2) is 62.0 Å². The third kappa shape index (κ3) is 11.0. The molecule has 2 aromatic rings. The monoisotopic (exact) mass is 477 g/mol. The number of hydrogen-bond donors (Lipinski definition) is 1. The van der Waals surface area contributed by atoms with E-state index in [1.54, 1.807) is 0 Å². The van der Waals surface area contributed by atoms with Gasteiger partial charge in [0.05, 0.1) is 0 Å². The van der Waals surface area contributed by atoms with Crippen molar-refractivity contribution in [2.45, 2.75) is 70.6 Å². The molecule has 3 rings (SSSR count). The van der Waals surface area contributed by atoms with Gasteiger partial charge < -0.3 is 15.1 Å². The summed E-state index contributed by atoms with van der Waals surface area (Å²) in [4.78, 5) is 17.8. The highest BCUT2D eigenvalue weighted by Crippen LogP contribution is 2.15. The Morgan fingerprint density at radius 3 is 1.97 bits per heavy atom. The highest BCUT2D eigenvalue weighted by Gasteiger charge is 2.13. The van der Waals surface area contributed by atoms with Crippen molar-refractivity contribution < 1.29 is 4.79 Å². The van der Waals surface area contributed by atoms with Gasteiger partial charge in [-0.2, -0.15) is 0 Å². The van der Waals surface area contributed by atoms with E-state index in [2.05, 4.69) is 52.5 Å². The molecule has 0 bridgehead atoms. The summed E-state index contributed by atoms with van der Waals surface area (Å²) >= 11 is 0. The largest absolute Gasteiger partial charge is 0.352 e. The number of nitrogens with one attached hydrogen (secondary N) is 1. The van der Waals surface area contributed by atoms with Gasteiger partial charge in [-0.25, -0.2) is 0 Å². The molecule has 0 unspecified atom stereocenters. The second-order valence-corrected chi connectivity index (χ2v) is 10.3. The zero-order chi connectivity index (χ0) is 24.6. The lowest BCUT2D eigenvalue weighted by molar-refractivity contribution is 0.0952. The standard InChI is InChI=1S/C31H47N3O/c1-33-23-25-34(26-24-33)22-16-9-7-5-3-2-4-6-8-15-21-32-31(35)30-20-14-13-19-29(30)27-28-17-11-10-12-18-28/h10-14,17-20H,2-9,15-16,21-27H2,1H3,(H,32,35). The van der Waals surface area contributed by atoms with E-state index in [9.17, 15) is 4.79 Å². The molecule has 0 aliphatic carbocycles. The van der Waals surface area contributed by atoms with Gasteiger partial charge in [0.25, 0.3) is 5.91 Å². The van der Waals surface area contributed by atoms with Crippen molar-refractivity contribution in [3.8, 4) is 0 Å². The van der Waals surface area contributed by atoms with Gasteiger partial charge in [-0.15, -0.1) is 0 Å². The van der Waals surface area contributed by atoms with Crippen molar-refractivity contribution in [2.75, 3.05) is 46.3 Å². The number of piperazine rings is 1. The van der Waals surface area contributed by atoms with Crippen molar-refractivity contribution >= 4 is 5.91 Å². The molecule has 1 N–H and O–H groups in total. The Labute approximate surface area is 214 Å². The fraction of sp³-hybridized carbons (Fsp3) is 0.581. The minimum absolute atomic E-state index is 0.0594. The van der Waals surface area contributed by atoms with Crippen LogP contribution < -0.4 is 5.32 Å². The molecule has 0 aromatic heterocycles. The second-order valence-electron chi connectivity index (χ2n) is 10.3. The average Bonchev–Trinajstić information content (AvgIpc) is 2.88.